The molecule has 0 aromatic carbocycles. The van der Waals surface area contributed by atoms with Gasteiger partial charge < -0.3 is 34.0 Å². The summed E-state index contributed by atoms with van der Waals surface area (Å²) < 4.78 is 23.4. The van der Waals surface area contributed by atoms with Crippen molar-refractivity contribution in [3.63, 3.8) is 0 Å². The zero-order chi connectivity index (χ0) is 27.6. The van der Waals surface area contributed by atoms with Gasteiger partial charge in [0.15, 0.2) is 5.78 Å². The van der Waals surface area contributed by atoms with Crippen molar-refractivity contribution in [2.45, 2.75) is 115 Å². The molecule has 0 amide bonds. The lowest BCUT2D eigenvalue weighted by Gasteiger charge is -2.65. The summed E-state index contributed by atoms with van der Waals surface area (Å²) in [4.78, 5) is 37.9. The van der Waals surface area contributed by atoms with Crippen LogP contribution in [0.15, 0.2) is 11.6 Å². The second-order valence-corrected chi connectivity index (χ2v) is 14.0. The zero-order valence-corrected chi connectivity index (χ0v) is 23.0. The van der Waals surface area contributed by atoms with Crippen LogP contribution in [-0.2, 0) is 33.3 Å². The van der Waals surface area contributed by atoms with E-state index in [0.717, 1.165) is 44.0 Å². The van der Waals surface area contributed by atoms with Crippen molar-refractivity contribution >= 4 is 18.0 Å². The van der Waals surface area contributed by atoms with Crippen LogP contribution >= 0.6 is 0 Å². The van der Waals surface area contributed by atoms with Crippen LogP contribution in [-0.4, -0.2) is 70.8 Å². The van der Waals surface area contributed by atoms with E-state index in [-0.39, 0.29) is 54.4 Å². The molecule has 4 saturated carbocycles. The van der Waals surface area contributed by atoms with Gasteiger partial charge in [-0.25, -0.2) is 4.79 Å². The van der Waals surface area contributed by atoms with E-state index in [2.05, 4.69) is 13.8 Å². The summed E-state index contributed by atoms with van der Waals surface area (Å²) in [5, 5.41) is 23.8. The minimum absolute atomic E-state index is 0.0390. The predicted octanol–water partition coefficient (Wildman–Crippen LogP) is 2.60. The topological polar surface area (TPSA) is 129 Å². The molecule has 0 aromatic rings. The van der Waals surface area contributed by atoms with E-state index in [0.29, 0.717) is 19.3 Å². The average Bonchev–Trinajstić information content (AvgIpc) is 3.42. The van der Waals surface area contributed by atoms with E-state index in [1.54, 1.807) is 13.0 Å². The Morgan fingerprint density at radius 1 is 1.00 bits per heavy atom. The van der Waals surface area contributed by atoms with Crippen LogP contribution in [0.2, 0.25) is 0 Å². The van der Waals surface area contributed by atoms with E-state index in [9.17, 15) is 24.6 Å². The Hall–Kier alpha value is -1.65. The molecule has 0 radical (unpaired) electrons. The molecule has 6 fully saturated rings. The van der Waals surface area contributed by atoms with Crippen LogP contribution in [0.25, 0.3) is 0 Å². The third kappa shape index (κ3) is 3.17. The summed E-state index contributed by atoms with van der Waals surface area (Å²) in [5.74, 6) is -2.98. The third-order valence-electron chi connectivity index (χ3n) is 12.8. The van der Waals surface area contributed by atoms with Gasteiger partial charge in [-0.15, -0.1) is 0 Å². The number of ketones is 1. The molecule has 0 spiro atoms. The van der Waals surface area contributed by atoms with Crippen molar-refractivity contribution < 1.29 is 43.5 Å². The lowest BCUT2D eigenvalue weighted by atomic mass is 9.41. The highest BCUT2D eigenvalue weighted by atomic mass is 16.8. The van der Waals surface area contributed by atoms with Gasteiger partial charge in [0, 0.05) is 28.7 Å². The second kappa shape index (κ2) is 8.22. The maximum absolute atomic E-state index is 13.2. The molecule has 4 aliphatic carbocycles. The van der Waals surface area contributed by atoms with E-state index in [4.69, 9.17) is 18.9 Å². The first-order valence-electron chi connectivity index (χ1n) is 14.7. The van der Waals surface area contributed by atoms with Gasteiger partial charge in [0.2, 0.25) is 6.29 Å². The van der Waals surface area contributed by atoms with Crippen molar-refractivity contribution in [2.24, 2.45) is 34.0 Å². The number of carbonyl (C=O) groups is 3. The van der Waals surface area contributed by atoms with Crippen LogP contribution < -0.4 is 0 Å². The van der Waals surface area contributed by atoms with Crippen molar-refractivity contribution in [2.75, 3.05) is 6.61 Å². The summed E-state index contributed by atoms with van der Waals surface area (Å²) in [6, 6.07) is 0. The maximum Gasteiger partial charge on any atom is 0.331 e. The lowest BCUT2D eigenvalue weighted by molar-refractivity contribution is -0.413. The summed E-state index contributed by atoms with van der Waals surface area (Å²) >= 11 is 0. The molecule has 9 nitrogen and oxygen atoms in total. The number of aliphatic hydroxyl groups is 2. The minimum Gasteiger partial charge on any atom is -0.458 e. The standard InChI is InChI=1S/C30H40O9/c1-16-10-23(32)30(35)25(37-16)38-21-11-17-4-5-20-19(28(17,15-31)13-22(21)39-30)6-7-27(3)26(2,8-9-29(20,27)34)18-12-24(33)36-14-18/h12,15-17,19-22,25,34-35H,4-11,13-14H2,1-3H3/t16-,17-,19+,20-,21-,22-,25+,26-,27-,28-,29-,30+/m1/s1. The first kappa shape index (κ1) is 26.3. The summed E-state index contributed by atoms with van der Waals surface area (Å²) in [6.07, 6.45) is 5.67. The fourth-order valence-electron chi connectivity index (χ4n) is 10.4. The van der Waals surface area contributed by atoms with Crippen LogP contribution in [0.3, 0.4) is 0 Å². The highest BCUT2D eigenvalue weighted by Crippen LogP contribution is 2.73. The number of hydrogen-bond donors (Lipinski definition) is 2. The first-order chi connectivity index (χ1) is 18.4. The van der Waals surface area contributed by atoms with E-state index < -0.39 is 40.4 Å². The first-order valence-corrected chi connectivity index (χ1v) is 14.7. The second-order valence-electron chi connectivity index (χ2n) is 14.0. The number of carbonyl (C=O) groups excluding carboxylic acids is 3. The van der Waals surface area contributed by atoms with Gasteiger partial charge in [0.25, 0.3) is 5.79 Å². The van der Waals surface area contributed by atoms with Crippen molar-refractivity contribution in [1.82, 2.24) is 0 Å². The SMILES string of the molecule is C[C@@H]1CC(=O)[C@]2(O)O[C@@H]3C[C@@]4(C=O)[C@H](CC[C@@H]5[C@@H]4CC[C@@]4(C)[C@@]5(O)CC[C@]4(C)C4=CC(=O)OC4)C[C@H]3O[C@@H]2O1. The van der Waals surface area contributed by atoms with Gasteiger partial charge in [-0.1, -0.05) is 13.8 Å². The van der Waals surface area contributed by atoms with Crippen LogP contribution in [0, 0.1) is 34.0 Å². The molecule has 12 atom stereocenters. The molecule has 7 aliphatic rings. The Labute approximate surface area is 228 Å². The molecule has 0 aromatic heterocycles. The number of cyclic esters (lactones) is 1. The summed E-state index contributed by atoms with van der Waals surface area (Å²) in [7, 11) is 0. The van der Waals surface area contributed by atoms with Crippen molar-refractivity contribution in [3.05, 3.63) is 11.6 Å². The largest absolute Gasteiger partial charge is 0.458 e. The predicted molar refractivity (Wildman–Crippen MR) is 135 cm³/mol. The lowest BCUT2D eigenvalue weighted by Crippen LogP contribution is -2.70. The van der Waals surface area contributed by atoms with E-state index >= 15 is 0 Å². The van der Waals surface area contributed by atoms with Gasteiger partial charge in [0.1, 0.15) is 12.9 Å². The highest BCUT2D eigenvalue weighted by molar-refractivity contribution is 5.87. The minimum atomic E-state index is -2.16. The molecule has 3 heterocycles. The van der Waals surface area contributed by atoms with Gasteiger partial charge in [-0.2, -0.15) is 0 Å². The monoisotopic (exact) mass is 544 g/mol. The number of Topliss-reactive ketones (excluding diaryl/α,β-unsaturated/α-hetero) is 1. The molecule has 0 unspecified atom stereocenters. The third-order valence-corrected chi connectivity index (χ3v) is 12.8. The smallest absolute Gasteiger partial charge is 0.331 e. The Morgan fingerprint density at radius 3 is 2.51 bits per heavy atom. The number of esters is 1. The zero-order valence-electron chi connectivity index (χ0n) is 23.0. The van der Waals surface area contributed by atoms with Crippen molar-refractivity contribution in [3.8, 4) is 0 Å². The Morgan fingerprint density at radius 2 is 1.79 bits per heavy atom. The van der Waals surface area contributed by atoms with Gasteiger partial charge in [0.05, 0.1) is 23.9 Å². The number of hydrogen-bond acceptors (Lipinski definition) is 9. The molecule has 3 aliphatic heterocycles. The molecular weight excluding hydrogens is 504 g/mol. The Kier molecular flexibility index (Phi) is 5.53. The molecule has 39 heavy (non-hydrogen) atoms. The highest BCUT2D eigenvalue weighted by Gasteiger charge is 2.73. The fraction of sp³-hybridized carbons (Fsp3) is 0.833. The maximum atomic E-state index is 13.2. The molecule has 2 saturated heterocycles. The van der Waals surface area contributed by atoms with E-state index in [1.807, 2.05) is 0 Å². The molecular formula is C30H40O9. The summed E-state index contributed by atoms with van der Waals surface area (Å²) in [5.41, 5.74) is -1.56. The number of ether oxygens (including phenoxy) is 4. The van der Waals surface area contributed by atoms with E-state index in [1.165, 1.54) is 0 Å². The van der Waals surface area contributed by atoms with Crippen LogP contribution in [0.4, 0.5) is 0 Å². The van der Waals surface area contributed by atoms with Crippen LogP contribution in [0.1, 0.15) is 78.6 Å². The number of fused-ring (bicyclic) bond motifs is 7. The van der Waals surface area contributed by atoms with Gasteiger partial charge in [-0.3, -0.25) is 4.79 Å². The number of aldehydes is 1. The normalized spacial score (nSPS) is 56.3. The molecule has 214 valence electrons. The summed E-state index contributed by atoms with van der Waals surface area (Å²) in [6.45, 7) is 6.39. The molecule has 9 heteroatoms. The number of rotatable bonds is 2. The molecule has 7 rings (SSSR count). The Bertz CT molecular complexity index is 1150. The molecule has 0 bridgehead atoms. The fourth-order valence-corrected chi connectivity index (χ4v) is 10.4. The average molecular weight is 545 g/mol. The van der Waals surface area contributed by atoms with Crippen LogP contribution in [0.5, 0.6) is 0 Å². The quantitative estimate of drug-likeness (QED) is 0.306. The molecule has 2 N–H and O–H groups in total. The van der Waals surface area contributed by atoms with Gasteiger partial charge >= 0.3 is 5.97 Å². The Balaban J connectivity index is 1.20. The van der Waals surface area contributed by atoms with Crippen molar-refractivity contribution in [1.29, 1.82) is 0 Å². The van der Waals surface area contributed by atoms with Gasteiger partial charge in [-0.05, 0) is 81.6 Å².